The van der Waals surface area contributed by atoms with Gasteiger partial charge in [0.2, 0.25) is 0 Å². The summed E-state index contributed by atoms with van der Waals surface area (Å²) in [5.74, 6) is 1.62. The maximum atomic E-state index is 5.13. The van der Waals surface area contributed by atoms with Crippen molar-refractivity contribution in [3.05, 3.63) is 30.0 Å². The van der Waals surface area contributed by atoms with E-state index in [1.54, 1.807) is 7.11 Å². The van der Waals surface area contributed by atoms with Crippen LogP contribution in [0, 0.1) is 0 Å². The van der Waals surface area contributed by atoms with Crippen LogP contribution in [0.15, 0.2) is 24.3 Å². The number of nitrogens with one attached hydrogen (secondary N) is 1. The number of fused-ring (bicyclic) bond motifs is 1. The second-order valence-corrected chi connectivity index (χ2v) is 3.22. The van der Waals surface area contributed by atoms with Gasteiger partial charge < -0.3 is 9.72 Å². The molecule has 1 aromatic heterocycles. The van der Waals surface area contributed by atoms with Crippen LogP contribution < -0.4 is 4.74 Å². The molecule has 0 saturated carbocycles. The molecular formula is C10H11NOS. The van der Waals surface area contributed by atoms with Crippen LogP contribution in [0.4, 0.5) is 0 Å². The lowest BCUT2D eigenvalue weighted by Gasteiger charge is -1.97. The molecule has 0 aliphatic heterocycles. The van der Waals surface area contributed by atoms with Gasteiger partial charge in [-0.2, -0.15) is 12.6 Å². The van der Waals surface area contributed by atoms with Crippen LogP contribution in [0.2, 0.25) is 0 Å². The Balaban J connectivity index is 2.57. The molecule has 1 aromatic carbocycles. The Hall–Kier alpha value is -1.09. The highest BCUT2D eigenvalue weighted by atomic mass is 32.1. The predicted molar refractivity (Wildman–Crippen MR) is 57.5 cm³/mol. The van der Waals surface area contributed by atoms with Gasteiger partial charge in [-0.05, 0) is 24.3 Å². The molecule has 2 rings (SSSR count). The molecule has 0 amide bonds. The van der Waals surface area contributed by atoms with Crippen LogP contribution in [0.5, 0.6) is 5.75 Å². The second-order valence-electron chi connectivity index (χ2n) is 2.91. The third kappa shape index (κ3) is 1.52. The molecule has 0 radical (unpaired) electrons. The minimum atomic E-state index is 0.733. The van der Waals surface area contributed by atoms with Crippen LogP contribution in [0.3, 0.4) is 0 Å². The summed E-state index contributed by atoms with van der Waals surface area (Å²) in [4.78, 5) is 3.26. The standard InChI is InChI=1S/C10H11NOS/c1-12-9-2-3-10-7(5-9)4-8(6-13)11-10/h2-5,11,13H,6H2,1H3. The zero-order chi connectivity index (χ0) is 9.26. The number of hydrogen-bond donors (Lipinski definition) is 2. The van der Waals surface area contributed by atoms with E-state index in [4.69, 9.17) is 4.74 Å². The van der Waals surface area contributed by atoms with Gasteiger partial charge in [-0.25, -0.2) is 0 Å². The summed E-state index contributed by atoms with van der Waals surface area (Å²) in [7, 11) is 1.67. The van der Waals surface area contributed by atoms with Crippen molar-refractivity contribution < 1.29 is 4.74 Å². The van der Waals surface area contributed by atoms with Crippen LogP contribution in [-0.4, -0.2) is 12.1 Å². The molecule has 2 nitrogen and oxygen atoms in total. The topological polar surface area (TPSA) is 25.0 Å². The van der Waals surface area contributed by atoms with Crippen molar-refractivity contribution in [3.8, 4) is 5.75 Å². The van der Waals surface area contributed by atoms with E-state index in [2.05, 4.69) is 23.7 Å². The zero-order valence-electron chi connectivity index (χ0n) is 7.37. The Kier molecular flexibility index (Phi) is 2.19. The Bertz CT molecular complexity index is 420. The molecule has 1 N–H and O–H groups in total. The fourth-order valence-corrected chi connectivity index (χ4v) is 1.55. The number of thiol groups is 1. The molecule has 13 heavy (non-hydrogen) atoms. The molecule has 0 bridgehead atoms. The number of aromatic nitrogens is 1. The van der Waals surface area contributed by atoms with Crippen molar-refractivity contribution >= 4 is 23.5 Å². The molecule has 0 atom stereocenters. The van der Waals surface area contributed by atoms with Crippen molar-refractivity contribution in [1.29, 1.82) is 0 Å². The molecule has 68 valence electrons. The minimum absolute atomic E-state index is 0.733. The number of hydrogen-bond acceptors (Lipinski definition) is 2. The summed E-state index contributed by atoms with van der Waals surface area (Å²) in [5.41, 5.74) is 2.26. The highest BCUT2D eigenvalue weighted by Crippen LogP contribution is 2.21. The zero-order valence-corrected chi connectivity index (χ0v) is 8.27. The third-order valence-electron chi connectivity index (χ3n) is 2.05. The lowest BCUT2D eigenvalue weighted by atomic mass is 10.2. The van der Waals surface area contributed by atoms with Gasteiger partial charge in [0.05, 0.1) is 7.11 Å². The fraction of sp³-hybridized carbons (Fsp3) is 0.200. The van der Waals surface area contributed by atoms with Gasteiger partial charge in [0.1, 0.15) is 5.75 Å². The molecule has 0 unspecified atom stereocenters. The average Bonchev–Trinajstić information content (AvgIpc) is 2.58. The van der Waals surface area contributed by atoms with E-state index in [-0.39, 0.29) is 0 Å². The molecule has 0 fully saturated rings. The normalized spacial score (nSPS) is 10.6. The molecule has 2 aromatic rings. The first kappa shape index (κ1) is 8.51. The minimum Gasteiger partial charge on any atom is -0.497 e. The number of methoxy groups -OCH3 is 1. The van der Waals surface area contributed by atoms with E-state index in [1.165, 1.54) is 5.39 Å². The van der Waals surface area contributed by atoms with E-state index >= 15 is 0 Å². The Morgan fingerprint density at radius 2 is 2.23 bits per heavy atom. The van der Waals surface area contributed by atoms with E-state index < -0.39 is 0 Å². The number of ether oxygens (including phenoxy) is 1. The maximum absolute atomic E-state index is 5.13. The molecule has 0 aliphatic carbocycles. The summed E-state index contributed by atoms with van der Waals surface area (Å²) >= 11 is 4.21. The van der Waals surface area contributed by atoms with Crippen LogP contribution in [0.1, 0.15) is 5.69 Å². The van der Waals surface area contributed by atoms with Gasteiger partial charge in [-0.15, -0.1) is 0 Å². The van der Waals surface area contributed by atoms with Gasteiger partial charge in [-0.3, -0.25) is 0 Å². The molecular weight excluding hydrogens is 182 g/mol. The lowest BCUT2D eigenvalue weighted by Crippen LogP contribution is -1.80. The molecule has 0 spiro atoms. The van der Waals surface area contributed by atoms with Crippen molar-refractivity contribution in [2.24, 2.45) is 0 Å². The van der Waals surface area contributed by atoms with Gasteiger partial charge in [0, 0.05) is 22.3 Å². The second kappa shape index (κ2) is 3.34. The van der Waals surface area contributed by atoms with E-state index in [9.17, 15) is 0 Å². The van der Waals surface area contributed by atoms with Crippen LogP contribution >= 0.6 is 12.6 Å². The van der Waals surface area contributed by atoms with E-state index in [0.29, 0.717) is 0 Å². The lowest BCUT2D eigenvalue weighted by molar-refractivity contribution is 0.415. The first-order valence-corrected chi connectivity index (χ1v) is 4.73. The summed E-state index contributed by atoms with van der Waals surface area (Å²) in [5, 5.41) is 1.17. The Morgan fingerprint density at radius 1 is 1.38 bits per heavy atom. The van der Waals surface area contributed by atoms with E-state index in [1.807, 2.05) is 18.2 Å². The fourth-order valence-electron chi connectivity index (χ4n) is 1.38. The smallest absolute Gasteiger partial charge is 0.119 e. The SMILES string of the molecule is COc1ccc2[nH]c(CS)cc2c1. The van der Waals surface area contributed by atoms with Gasteiger partial charge in [0.15, 0.2) is 0 Å². The van der Waals surface area contributed by atoms with Gasteiger partial charge in [-0.1, -0.05) is 0 Å². The number of H-pyrrole nitrogens is 1. The highest BCUT2D eigenvalue weighted by Gasteiger charge is 2.00. The van der Waals surface area contributed by atoms with Crippen molar-refractivity contribution in [2.75, 3.05) is 7.11 Å². The molecule has 0 aliphatic rings. The van der Waals surface area contributed by atoms with Crippen LogP contribution in [0.25, 0.3) is 10.9 Å². The highest BCUT2D eigenvalue weighted by molar-refractivity contribution is 7.79. The van der Waals surface area contributed by atoms with Gasteiger partial charge >= 0.3 is 0 Å². The first-order chi connectivity index (χ1) is 6.33. The van der Waals surface area contributed by atoms with Crippen molar-refractivity contribution in [2.45, 2.75) is 5.75 Å². The monoisotopic (exact) mass is 193 g/mol. The number of benzene rings is 1. The summed E-state index contributed by atoms with van der Waals surface area (Å²) < 4.78 is 5.13. The average molecular weight is 193 g/mol. The van der Waals surface area contributed by atoms with Crippen molar-refractivity contribution in [1.82, 2.24) is 4.98 Å². The molecule has 0 saturated heterocycles. The third-order valence-corrected chi connectivity index (χ3v) is 2.39. The molecule has 1 heterocycles. The Labute approximate surface area is 82.3 Å². The van der Waals surface area contributed by atoms with Crippen LogP contribution in [-0.2, 0) is 5.75 Å². The predicted octanol–water partition coefficient (Wildman–Crippen LogP) is 2.61. The summed E-state index contributed by atoms with van der Waals surface area (Å²) in [6.45, 7) is 0. The molecule has 3 heteroatoms. The number of aromatic amines is 1. The van der Waals surface area contributed by atoms with Gasteiger partial charge in [0.25, 0.3) is 0 Å². The summed E-state index contributed by atoms with van der Waals surface area (Å²) in [6, 6.07) is 8.06. The summed E-state index contributed by atoms with van der Waals surface area (Å²) in [6.07, 6.45) is 0. The first-order valence-electron chi connectivity index (χ1n) is 4.10. The largest absolute Gasteiger partial charge is 0.497 e. The maximum Gasteiger partial charge on any atom is 0.119 e. The Morgan fingerprint density at radius 3 is 2.92 bits per heavy atom. The van der Waals surface area contributed by atoms with Crippen molar-refractivity contribution in [3.63, 3.8) is 0 Å². The number of rotatable bonds is 2. The quantitative estimate of drug-likeness (QED) is 0.704. The van der Waals surface area contributed by atoms with E-state index in [0.717, 1.165) is 22.7 Å².